The van der Waals surface area contributed by atoms with Crippen molar-refractivity contribution in [3.05, 3.63) is 60.0 Å². The molecule has 10 heteroatoms. The lowest BCUT2D eigenvalue weighted by Gasteiger charge is -2.36. The molecule has 0 N–H and O–H groups in total. The average molecular weight is 675 g/mol. The maximum Gasteiger partial charge on any atom is 0.412 e. The minimum atomic E-state index is -0.414. The van der Waals surface area contributed by atoms with Crippen LogP contribution in [0.2, 0.25) is 0 Å². The molecule has 1 saturated heterocycles. The van der Waals surface area contributed by atoms with Gasteiger partial charge in [-0.15, -0.1) is 11.3 Å². The number of halogens is 1. The summed E-state index contributed by atoms with van der Waals surface area (Å²) in [6.45, 7) is 6.53. The molecule has 3 heterocycles. The van der Waals surface area contributed by atoms with Crippen molar-refractivity contribution < 1.29 is 19.0 Å². The van der Waals surface area contributed by atoms with Crippen molar-refractivity contribution in [3.8, 4) is 11.6 Å². The van der Waals surface area contributed by atoms with Crippen LogP contribution in [0.15, 0.2) is 60.0 Å². The van der Waals surface area contributed by atoms with Crippen LogP contribution in [0, 0.1) is 0 Å². The number of hydrogen-bond donors (Lipinski definition) is 0. The number of piperazine rings is 1. The first-order valence-corrected chi connectivity index (χ1v) is 16.0. The van der Waals surface area contributed by atoms with Gasteiger partial charge in [-0.2, -0.15) is 0 Å². The van der Waals surface area contributed by atoms with Crippen LogP contribution in [0.3, 0.4) is 0 Å². The van der Waals surface area contributed by atoms with Crippen molar-refractivity contribution in [3.63, 3.8) is 0 Å². The zero-order valence-electron chi connectivity index (χ0n) is 22.8. The molecule has 40 heavy (non-hydrogen) atoms. The van der Waals surface area contributed by atoms with Crippen LogP contribution in [0.4, 0.5) is 10.5 Å². The van der Waals surface area contributed by atoms with E-state index in [0.717, 1.165) is 66.6 Å². The number of alkyl halides is 1. The maximum absolute atomic E-state index is 11.9. The molecule has 0 spiro atoms. The molecule has 1 aliphatic rings. The third-order valence-corrected chi connectivity index (χ3v) is 8.45. The maximum atomic E-state index is 11.9. The Bertz CT molecular complexity index is 1410. The van der Waals surface area contributed by atoms with Crippen LogP contribution < -0.4 is 14.4 Å². The quantitative estimate of drug-likeness (QED) is 0.0760. The van der Waals surface area contributed by atoms with Gasteiger partial charge in [0.25, 0.3) is 0 Å². The van der Waals surface area contributed by atoms with Crippen LogP contribution >= 0.6 is 33.9 Å². The van der Waals surface area contributed by atoms with Crippen LogP contribution in [0.5, 0.6) is 11.6 Å². The minimum absolute atomic E-state index is 0.182. The lowest BCUT2D eigenvalue weighted by atomic mass is 10.2. The van der Waals surface area contributed by atoms with Gasteiger partial charge in [-0.25, -0.2) is 9.78 Å². The number of anilines is 1. The van der Waals surface area contributed by atoms with Crippen molar-refractivity contribution in [1.82, 2.24) is 14.8 Å². The van der Waals surface area contributed by atoms with E-state index < -0.39 is 6.09 Å². The van der Waals surface area contributed by atoms with E-state index >= 15 is 0 Å². The number of thiophene rings is 1. The van der Waals surface area contributed by atoms with Gasteiger partial charge in [-0.05, 0) is 61.2 Å². The Morgan fingerprint density at radius 3 is 2.75 bits per heavy atom. The lowest BCUT2D eigenvalue weighted by molar-refractivity contribution is 0.0384. The van der Waals surface area contributed by atoms with Gasteiger partial charge in [0.1, 0.15) is 5.75 Å². The van der Waals surface area contributed by atoms with E-state index in [1.807, 2.05) is 35.6 Å². The first-order chi connectivity index (χ1) is 19.6. The number of unbranched alkanes of at least 4 members (excludes halogenated alkanes) is 1. The molecule has 2 aromatic carbocycles. The Balaban J connectivity index is 1.02. The molecule has 212 valence electrons. The molecule has 4 aromatic rings. The predicted octanol–water partition coefficient (Wildman–Crippen LogP) is 6.27. The number of fused-ring (bicyclic) bond motifs is 2. The summed E-state index contributed by atoms with van der Waals surface area (Å²) in [4.78, 5) is 23.0. The van der Waals surface area contributed by atoms with Crippen molar-refractivity contribution in [2.45, 2.75) is 12.8 Å². The summed E-state index contributed by atoms with van der Waals surface area (Å²) in [7, 11) is 1.70. The number of aromatic nitrogens is 1. The Morgan fingerprint density at radius 2 is 1.90 bits per heavy atom. The topological polar surface area (TPSA) is 67.4 Å². The Hall–Kier alpha value is -2.83. The number of rotatable bonds is 12. The number of ether oxygens (including phenoxy) is 3. The fourth-order valence-corrected chi connectivity index (χ4v) is 6.34. The van der Waals surface area contributed by atoms with Gasteiger partial charge in [0.05, 0.1) is 12.1 Å². The van der Waals surface area contributed by atoms with E-state index in [1.54, 1.807) is 13.1 Å². The Morgan fingerprint density at radius 1 is 1.05 bits per heavy atom. The predicted molar refractivity (Wildman–Crippen MR) is 170 cm³/mol. The third-order valence-electron chi connectivity index (χ3n) is 7.08. The van der Waals surface area contributed by atoms with Gasteiger partial charge in [-0.3, -0.25) is 4.90 Å². The first kappa shape index (κ1) is 28.7. The largest absolute Gasteiger partial charge is 0.494 e. The molecule has 0 unspecified atom stereocenters. The molecule has 0 bridgehead atoms. The first-order valence-electron chi connectivity index (χ1n) is 13.6. The second-order valence-corrected chi connectivity index (χ2v) is 11.8. The SMILES string of the molecule is CN(CCI)C(=O)OCOc1ccc2ccc(OCCCCN3CCN(c4cccc5sccc45)CC3)cc2n1. The number of hydrogen-bond acceptors (Lipinski definition) is 8. The van der Waals surface area contributed by atoms with Gasteiger partial charge in [0, 0.05) is 77.5 Å². The molecular formula is C30H35IN4O4S. The molecule has 1 amide bonds. The van der Waals surface area contributed by atoms with Gasteiger partial charge in [0.2, 0.25) is 12.7 Å². The molecule has 0 aliphatic carbocycles. The average Bonchev–Trinajstić information content (AvgIpc) is 3.46. The van der Waals surface area contributed by atoms with Crippen molar-refractivity contribution in [1.29, 1.82) is 0 Å². The highest BCUT2D eigenvalue weighted by Crippen LogP contribution is 2.31. The molecular weight excluding hydrogens is 639 g/mol. The number of amides is 1. The molecule has 8 nitrogen and oxygen atoms in total. The van der Waals surface area contributed by atoms with E-state index in [2.05, 4.69) is 67.0 Å². The molecule has 0 atom stereocenters. The second kappa shape index (κ2) is 14.2. The molecule has 0 saturated carbocycles. The summed E-state index contributed by atoms with van der Waals surface area (Å²) < 4.78 is 18.9. The highest BCUT2D eigenvalue weighted by Gasteiger charge is 2.18. The fourth-order valence-electron chi connectivity index (χ4n) is 4.81. The van der Waals surface area contributed by atoms with E-state index in [9.17, 15) is 4.79 Å². The number of carbonyl (C=O) groups excluding carboxylic acids is 1. The summed E-state index contributed by atoms with van der Waals surface area (Å²) in [5.41, 5.74) is 2.15. The zero-order valence-corrected chi connectivity index (χ0v) is 25.7. The third kappa shape index (κ3) is 7.46. The van der Waals surface area contributed by atoms with Crippen LogP contribution in [-0.4, -0.2) is 85.0 Å². The fraction of sp³-hybridized carbons (Fsp3) is 0.400. The summed E-state index contributed by atoms with van der Waals surface area (Å²) in [5, 5.41) is 4.55. The van der Waals surface area contributed by atoms with E-state index in [1.165, 1.54) is 20.7 Å². The Kier molecular flexibility index (Phi) is 10.2. The Labute approximate surface area is 252 Å². The second-order valence-electron chi connectivity index (χ2n) is 9.78. The highest BCUT2D eigenvalue weighted by atomic mass is 127. The molecule has 5 rings (SSSR count). The van der Waals surface area contributed by atoms with E-state index in [-0.39, 0.29) is 6.79 Å². The number of benzene rings is 2. The summed E-state index contributed by atoms with van der Waals surface area (Å²) in [6.07, 6.45) is 1.69. The van der Waals surface area contributed by atoms with Crippen molar-refractivity contribution >= 4 is 66.7 Å². The normalized spacial score (nSPS) is 14.0. The van der Waals surface area contributed by atoms with Crippen molar-refractivity contribution in [2.75, 3.05) is 69.0 Å². The van der Waals surface area contributed by atoms with Crippen molar-refractivity contribution in [2.24, 2.45) is 0 Å². The monoisotopic (exact) mass is 674 g/mol. The van der Waals surface area contributed by atoms with Gasteiger partial charge >= 0.3 is 6.09 Å². The smallest absolute Gasteiger partial charge is 0.412 e. The van der Waals surface area contributed by atoms with Gasteiger partial charge in [0.15, 0.2) is 0 Å². The lowest BCUT2D eigenvalue weighted by Crippen LogP contribution is -2.46. The summed E-state index contributed by atoms with van der Waals surface area (Å²) in [6, 6.07) is 18.5. The number of pyridine rings is 1. The molecule has 0 radical (unpaired) electrons. The van der Waals surface area contributed by atoms with Crippen LogP contribution in [0.1, 0.15) is 12.8 Å². The number of nitrogens with zero attached hydrogens (tertiary/aromatic N) is 4. The highest BCUT2D eigenvalue weighted by molar-refractivity contribution is 14.1. The molecule has 1 aliphatic heterocycles. The summed E-state index contributed by atoms with van der Waals surface area (Å²) >= 11 is 4.03. The van der Waals surface area contributed by atoms with E-state index in [0.29, 0.717) is 19.0 Å². The minimum Gasteiger partial charge on any atom is -0.494 e. The van der Waals surface area contributed by atoms with Crippen LogP contribution in [-0.2, 0) is 4.74 Å². The van der Waals surface area contributed by atoms with Gasteiger partial charge in [-0.1, -0.05) is 28.7 Å². The van der Waals surface area contributed by atoms with E-state index in [4.69, 9.17) is 14.2 Å². The zero-order chi connectivity index (χ0) is 27.7. The number of carbonyl (C=O) groups is 1. The standard InChI is InChI=1S/C30H35IN4O4S/c1-33(14-12-31)30(36)39-22-38-29-10-8-23-7-9-24(21-26(23)32-29)37-19-3-2-13-34-15-17-35(18-16-34)27-5-4-6-28-25(27)11-20-40-28/h4-11,20-21H,2-3,12-19,22H2,1H3. The van der Waals surface area contributed by atoms with Gasteiger partial charge < -0.3 is 24.0 Å². The molecule has 2 aromatic heterocycles. The summed E-state index contributed by atoms with van der Waals surface area (Å²) in [5.74, 6) is 1.20. The molecule has 1 fully saturated rings. The van der Waals surface area contributed by atoms with Crippen LogP contribution in [0.25, 0.3) is 21.0 Å².